The molecule has 1 heterocycles. The van der Waals surface area contributed by atoms with Crippen molar-refractivity contribution in [2.45, 2.75) is 61.5 Å². The lowest BCUT2D eigenvalue weighted by Crippen LogP contribution is -2.34. The Morgan fingerprint density at radius 1 is 0.972 bits per heavy atom. The van der Waals surface area contributed by atoms with Crippen LogP contribution in [-0.4, -0.2) is 16.1 Å². The highest BCUT2D eigenvalue weighted by Gasteiger charge is 2.37. The fraction of sp³-hybridized carbons (Fsp3) is 0.290. The summed E-state index contributed by atoms with van der Waals surface area (Å²) in [7, 11) is 0. The third-order valence-electron chi connectivity index (χ3n) is 7.35. The summed E-state index contributed by atoms with van der Waals surface area (Å²) in [6, 6.07) is 20.2. The number of nitrogens with zero attached hydrogens (tertiary/aromatic N) is 1. The molecule has 0 amide bonds. The van der Waals surface area contributed by atoms with E-state index >= 15 is 0 Å². The van der Waals surface area contributed by atoms with E-state index in [9.17, 15) is 9.90 Å². The van der Waals surface area contributed by atoms with Crippen LogP contribution in [0.1, 0.15) is 78.7 Å². The van der Waals surface area contributed by atoms with Gasteiger partial charge in [0, 0.05) is 5.75 Å². The normalized spacial score (nSPS) is 16.3. The summed E-state index contributed by atoms with van der Waals surface area (Å²) in [5.41, 5.74) is 8.06. The number of thioether (sulfide) groups is 1. The van der Waals surface area contributed by atoms with E-state index in [0.717, 1.165) is 21.2 Å². The number of hydrogen-bond acceptors (Lipinski definition) is 4. The van der Waals surface area contributed by atoms with Crippen LogP contribution in [0.4, 0.5) is 0 Å². The Morgan fingerprint density at radius 2 is 1.64 bits per heavy atom. The Hall–Kier alpha value is -2.89. The molecule has 0 saturated carbocycles. The highest BCUT2D eigenvalue weighted by Crippen LogP contribution is 2.47. The predicted molar refractivity (Wildman–Crippen MR) is 153 cm³/mol. The van der Waals surface area contributed by atoms with Gasteiger partial charge in [-0.25, -0.2) is 9.78 Å². The van der Waals surface area contributed by atoms with Gasteiger partial charge in [0.1, 0.15) is 0 Å². The molecule has 0 spiro atoms. The number of rotatable bonds is 6. The maximum Gasteiger partial charge on any atom is 0.335 e. The molecule has 0 atom stereocenters. The third-order valence-corrected chi connectivity index (χ3v) is 9.58. The van der Waals surface area contributed by atoms with Gasteiger partial charge in [0.2, 0.25) is 0 Å². The van der Waals surface area contributed by atoms with Crippen LogP contribution in [0, 0.1) is 0 Å². The first-order valence-electron chi connectivity index (χ1n) is 12.3. The number of aromatic nitrogens is 1. The molecular weight excluding hydrogens is 482 g/mol. The summed E-state index contributed by atoms with van der Waals surface area (Å²) >= 11 is 3.55. The molecule has 1 aliphatic carbocycles. The number of fused-ring (bicyclic) bond motifs is 2. The second-order valence-corrected chi connectivity index (χ2v) is 13.1. The first-order valence-corrected chi connectivity index (χ1v) is 14.1. The zero-order valence-electron chi connectivity index (χ0n) is 21.2. The Morgan fingerprint density at radius 3 is 2.31 bits per heavy atom. The lowest BCUT2D eigenvalue weighted by molar-refractivity contribution is 0.0697. The predicted octanol–water partition coefficient (Wildman–Crippen LogP) is 8.81. The van der Waals surface area contributed by atoms with Gasteiger partial charge in [-0.2, -0.15) is 0 Å². The van der Waals surface area contributed by atoms with Crippen molar-refractivity contribution in [3.05, 3.63) is 94.0 Å². The van der Waals surface area contributed by atoms with E-state index in [2.05, 4.69) is 70.2 Å². The van der Waals surface area contributed by atoms with Crippen molar-refractivity contribution in [2.75, 3.05) is 0 Å². The summed E-state index contributed by atoms with van der Waals surface area (Å²) in [6.07, 6.45) is 6.62. The number of hydrogen-bond donors (Lipinski definition) is 1. The van der Waals surface area contributed by atoms with Crippen molar-refractivity contribution in [1.82, 2.24) is 4.98 Å². The van der Waals surface area contributed by atoms with Gasteiger partial charge in [0.25, 0.3) is 0 Å². The SMILES string of the molecule is CC1(C)CCC(C)(C)c2cc(CSc3nc4ccccc4s3)c(/C=C/c3ccc(C(=O)O)cc3)cc21. The monoisotopic (exact) mass is 513 g/mol. The molecule has 184 valence electrons. The lowest BCUT2D eigenvalue weighted by Gasteiger charge is -2.42. The summed E-state index contributed by atoms with van der Waals surface area (Å²) in [5, 5.41) is 9.20. The lowest BCUT2D eigenvalue weighted by atomic mass is 9.62. The maximum atomic E-state index is 11.2. The quantitative estimate of drug-likeness (QED) is 0.207. The van der Waals surface area contributed by atoms with E-state index in [1.807, 2.05) is 18.2 Å². The number of carboxylic acids is 1. The van der Waals surface area contributed by atoms with Crippen molar-refractivity contribution in [3.8, 4) is 0 Å². The van der Waals surface area contributed by atoms with Crippen LogP contribution in [0.15, 0.2) is 65.0 Å². The van der Waals surface area contributed by atoms with E-state index in [1.54, 1.807) is 35.2 Å². The highest BCUT2D eigenvalue weighted by molar-refractivity contribution is 8.00. The van der Waals surface area contributed by atoms with Crippen LogP contribution in [0.3, 0.4) is 0 Å². The molecule has 0 aliphatic heterocycles. The van der Waals surface area contributed by atoms with Gasteiger partial charge in [-0.15, -0.1) is 11.3 Å². The smallest absolute Gasteiger partial charge is 0.335 e. The van der Waals surface area contributed by atoms with Gasteiger partial charge < -0.3 is 5.11 Å². The zero-order valence-corrected chi connectivity index (χ0v) is 22.8. The van der Waals surface area contributed by atoms with E-state index in [0.29, 0.717) is 5.56 Å². The largest absolute Gasteiger partial charge is 0.478 e. The fourth-order valence-corrected chi connectivity index (χ4v) is 7.00. The minimum absolute atomic E-state index is 0.134. The fourth-order valence-electron chi connectivity index (χ4n) is 4.93. The standard InChI is InChI=1S/C31H31NO2S2/c1-30(2)15-16-31(3,4)25-18-23(19-35-29-32-26-7-5-6-8-27(26)36-29)22(17-24(25)30)14-11-20-9-12-21(13-10-20)28(33)34/h5-14,17-18H,15-16,19H2,1-4H3,(H,33,34)/b14-11+. The van der Waals surface area contributed by atoms with Gasteiger partial charge in [0.05, 0.1) is 15.8 Å². The highest BCUT2D eigenvalue weighted by atomic mass is 32.2. The molecule has 0 radical (unpaired) electrons. The molecule has 5 rings (SSSR count). The molecule has 3 nitrogen and oxygen atoms in total. The zero-order chi connectivity index (χ0) is 25.5. The Kier molecular flexibility index (Phi) is 6.56. The van der Waals surface area contributed by atoms with Crippen molar-refractivity contribution in [1.29, 1.82) is 0 Å². The molecule has 3 aromatic carbocycles. The third kappa shape index (κ3) is 5.00. The molecule has 36 heavy (non-hydrogen) atoms. The summed E-state index contributed by atoms with van der Waals surface area (Å²) in [5.74, 6) is -0.0551. The van der Waals surface area contributed by atoms with Crippen molar-refractivity contribution in [3.63, 3.8) is 0 Å². The number of carboxylic acid groups (broad SMARTS) is 1. The average molecular weight is 514 g/mol. The minimum Gasteiger partial charge on any atom is -0.478 e. The molecule has 0 unspecified atom stereocenters. The van der Waals surface area contributed by atoms with Crippen LogP contribution in [0.2, 0.25) is 0 Å². The topological polar surface area (TPSA) is 50.2 Å². The number of thiazole rings is 1. The summed E-state index contributed by atoms with van der Waals surface area (Å²) in [4.78, 5) is 16.0. The van der Waals surface area contributed by atoms with E-state index in [1.165, 1.54) is 39.8 Å². The molecule has 1 aromatic heterocycles. The molecule has 5 heteroatoms. The molecular formula is C31H31NO2S2. The first kappa shape index (κ1) is 24.8. The molecule has 0 fully saturated rings. The van der Waals surface area contributed by atoms with E-state index < -0.39 is 5.97 Å². The average Bonchev–Trinajstić information content (AvgIpc) is 3.27. The summed E-state index contributed by atoms with van der Waals surface area (Å²) < 4.78 is 2.31. The number of para-hydroxylation sites is 1. The van der Waals surface area contributed by atoms with Crippen molar-refractivity contribution in [2.24, 2.45) is 0 Å². The van der Waals surface area contributed by atoms with Crippen LogP contribution >= 0.6 is 23.1 Å². The van der Waals surface area contributed by atoms with Gasteiger partial charge in [0.15, 0.2) is 4.34 Å². The molecule has 0 bridgehead atoms. The number of carbonyl (C=O) groups is 1. The molecule has 1 N–H and O–H groups in total. The second kappa shape index (κ2) is 9.53. The van der Waals surface area contributed by atoms with Gasteiger partial charge in [-0.1, -0.05) is 88.0 Å². The number of aromatic carboxylic acids is 1. The van der Waals surface area contributed by atoms with Crippen LogP contribution in [0.5, 0.6) is 0 Å². The first-order chi connectivity index (χ1) is 17.1. The minimum atomic E-state index is -0.903. The van der Waals surface area contributed by atoms with Crippen LogP contribution in [0.25, 0.3) is 22.4 Å². The van der Waals surface area contributed by atoms with Crippen molar-refractivity contribution >= 4 is 51.4 Å². The maximum absolute atomic E-state index is 11.2. The van der Waals surface area contributed by atoms with Gasteiger partial charge in [-0.05, 0) is 75.8 Å². The van der Waals surface area contributed by atoms with Gasteiger partial charge >= 0.3 is 5.97 Å². The van der Waals surface area contributed by atoms with Crippen molar-refractivity contribution < 1.29 is 9.90 Å². The van der Waals surface area contributed by atoms with Gasteiger partial charge in [-0.3, -0.25) is 0 Å². The molecule has 1 aliphatic rings. The number of benzene rings is 3. The molecule has 4 aromatic rings. The Balaban J connectivity index is 1.52. The Bertz CT molecular complexity index is 1430. The second-order valence-electron chi connectivity index (χ2n) is 10.9. The van der Waals surface area contributed by atoms with E-state index in [4.69, 9.17) is 4.98 Å². The summed E-state index contributed by atoms with van der Waals surface area (Å²) in [6.45, 7) is 9.44. The Labute approximate surface area is 221 Å². The van der Waals surface area contributed by atoms with Crippen LogP contribution < -0.4 is 0 Å². The van der Waals surface area contributed by atoms with E-state index in [-0.39, 0.29) is 10.8 Å². The molecule has 0 saturated heterocycles. The van der Waals surface area contributed by atoms with Crippen LogP contribution in [-0.2, 0) is 16.6 Å².